The molecule has 0 saturated heterocycles. The third-order valence-electron chi connectivity index (χ3n) is 1.76. The van der Waals surface area contributed by atoms with Gasteiger partial charge in [-0.15, -0.1) is 0 Å². The maximum atomic E-state index is 11.7. The Labute approximate surface area is 110 Å². The summed E-state index contributed by atoms with van der Waals surface area (Å²) in [6.45, 7) is -0.957. The third kappa shape index (κ3) is 6.14. The lowest BCUT2D eigenvalue weighted by Gasteiger charge is -2.10. The van der Waals surface area contributed by atoms with Gasteiger partial charge in [-0.3, -0.25) is 0 Å². The van der Waals surface area contributed by atoms with Gasteiger partial charge in [0.2, 0.25) is 0 Å². The Kier molecular flexibility index (Phi) is 5.55. The number of benzene rings is 1. The maximum Gasteiger partial charge on any atom is 0.411 e. The smallest absolute Gasteiger partial charge is 0.382 e. The van der Waals surface area contributed by atoms with Crippen molar-refractivity contribution in [3.8, 4) is 0 Å². The van der Waals surface area contributed by atoms with E-state index in [0.29, 0.717) is 5.02 Å². The molecule has 17 heavy (non-hydrogen) atoms. The van der Waals surface area contributed by atoms with Crippen molar-refractivity contribution in [1.82, 2.24) is 0 Å². The minimum absolute atomic E-state index is 0.0193. The van der Waals surface area contributed by atoms with Crippen LogP contribution in [-0.4, -0.2) is 25.9 Å². The second-order valence-corrected chi connectivity index (χ2v) is 4.51. The first-order valence-corrected chi connectivity index (χ1v) is 5.89. The van der Waals surface area contributed by atoms with Crippen molar-refractivity contribution >= 4 is 33.2 Å². The molecule has 0 aliphatic carbocycles. The van der Waals surface area contributed by atoms with Crippen LogP contribution in [0.3, 0.4) is 0 Å². The Hall–Kier alpha value is -0.460. The molecular formula is C10H10BrClF3NO. The van der Waals surface area contributed by atoms with E-state index in [-0.39, 0.29) is 13.2 Å². The number of anilines is 1. The lowest BCUT2D eigenvalue weighted by molar-refractivity contribution is -0.172. The van der Waals surface area contributed by atoms with Gasteiger partial charge < -0.3 is 10.1 Å². The second-order valence-electron chi connectivity index (χ2n) is 3.22. The molecule has 96 valence electrons. The summed E-state index contributed by atoms with van der Waals surface area (Å²) in [7, 11) is 0. The summed E-state index contributed by atoms with van der Waals surface area (Å²) < 4.78 is 40.4. The van der Waals surface area contributed by atoms with Crippen LogP contribution < -0.4 is 5.32 Å². The predicted octanol–water partition coefficient (Wildman–Crippen LogP) is 4.09. The number of rotatable bonds is 5. The lowest BCUT2D eigenvalue weighted by atomic mass is 10.3. The van der Waals surface area contributed by atoms with E-state index >= 15 is 0 Å². The van der Waals surface area contributed by atoms with Crippen molar-refractivity contribution in [2.45, 2.75) is 6.18 Å². The number of ether oxygens (including phenoxy) is 1. The average molecular weight is 333 g/mol. The van der Waals surface area contributed by atoms with E-state index in [1.54, 1.807) is 18.2 Å². The molecule has 1 aromatic rings. The van der Waals surface area contributed by atoms with Crippen molar-refractivity contribution in [2.24, 2.45) is 0 Å². The molecule has 0 aromatic heterocycles. The topological polar surface area (TPSA) is 21.3 Å². The van der Waals surface area contributed by atoms with Crippen LogP contribution in [0.1, 0.15) is 0 Å². The Morgan fingerprint density at radius 1 is 1.35 bits per heavy atom. The fourth-order valence-corrected chi connectivity index (χ4v) is 1.90. The Morgan fingerprint density at radius 3 is 2.65 bits per heavy atom. The van der Waals surface area contributed by atoms with Crippen molar-refractivity contribution < 1.29 is 17.9 Å². The Bertz CT molecular complexity index is 373. The summed E-state index contributed by atoms with van der Waals surface area (Å²) in [6, 6.07) is 5.11. The highest BCUT2D eigenvalue weighted by molar-refractivity contribution is 9.10. The summed E-state index contributed by atoms with van der Waals surface area (Å²) in [5.74, 6) is 0. The zero-order valence-electron chi connectivity index (χ0n) is 8.65. The molecule has 2 nitrogen and oxygen atoms in total. The van der Waals surface area contributed by atoms with E-state index in [0.717, 1.165) is 10.2 Å². The fraction of sp³-hybridized carbons (Fsp3) is 0.400. The van der Waals surface area contributed by atoms with E-state index in [4.69, 9.17) is 11.6 Å². The van der Waals surface area contributed by atoms with Crippen LogP contribution in [0.4, 0.5) is 18.9 Å². The highest BCUT2D eigenvalue weighted by atomic mass is 79.9. The molecule has 1 N–H and O–H groups in total. The van der Waals surface area contributed by atoms with Crippen molar-refractivity contribution in [2.75, 3.05) is 25.1 Å². The van der Waals surface area contributed by atoms with Gasteiger partial charge >= 0.3 is 6.18 Å². The first-order chi connectivity index (χ1) is 7.88. The number of nitrogens with one attached hydrogen (secondary N) is 1. The monoisotopic (exact) mass is 331 g/mol. The van der Waals surface area contributed by atoms with Gasteiger partial charge in [0, 0.05) is 21.7 Å². The number of hydrogen-bond donors (Lipinski definition) is 1. The second kappa shape index (κ2) is 6.47. The minimum atomic E-state index is -4.28. The molecule has 0 bridgehead atoms. The molecule has 0 heterocycles. The maximum absolute atomic E-state index is 11.7. The van der Waals surface area contributed by atoms with Gasteiger partial charge in [0.25, 0.3) is 0 Å². The average Bonchev–Trinajstić information content (AvgIpc) is 2.18. The molecule has 0 amide bonds. The standard InChI is InChI=1S/C10H10BrClF3NO/c11-8-5-7(12)1-2-9(8)16-3-4-17-6-10(13,14)15/h1-2,5,16H,3-4,6H2. The molecule has 1 aromatic carbocycles. The molecule has 1 rings (SSSR count). The van der Waals surface area contributed by atoms with E-state index in [1.165, 1.54) is 0 Å². The largest absolute Gasteiger partial charge is 0.411 e. The summed E-state index contributed by atoms with van der Waals surface area (Å²) in [5, 5.41) is 3.51. The number of alkyl halides is 3. The first-order valence-electron chi connectivity index (χ1n) is 4.72. The van der Waals surface area contributed by atoms with Crippen LogP contribution in [0.2, 0.25) is 5.02 Å². The summed E-state index contributed by atoms with van der Waals surface area (Å²) in [4.78, 5) is 0. The molecule has 0 spiro atoms. The molecule has 0 unspecified atom stereocenters. The van der Waals surface area contributed by atoms with Gasteiger partial charge in [-0.25, -0.2) is 0 Å². The Morgan fingerprint density at radius 2 is 2.06 bits per heavy atom. The van der Waals surface area contributed by atoms with E-state index in [1.807, 2.05) is 0 Å². The van der Waals surface area contributed by atoms with Gasteiger partial charge in [0.1, 0.15) is 6.61 Å². The quantitative estimate of drug-likeness (QED) is 0.820. The summed E-state index contributed by atoms with van der Waals surface area (Å²) in [5.41, 5.74) is 0.755. The van der Waals surface area contributed by atoms with E-state index in [9.17, 15) is 13.2 Å². The van der Waals surface area contributed by atoms with Crippen molar-refractivity contribution in [3.05, 3.63) is 27.7 Å². The van der Waals surface area contributed by atoms with Gasteiger partial charge in [0.05, 0.1) is 6.61 Å². The van der Waals surface area contributed by atoms with Crippen LogP contribution in [0.5, 0.6) is 0 Å². The highest BCUT2D eigenvalue weighted by Gasteiger charge is 2.27. The van der Waals surface area contributed by atoms with Crippen LogP contribution in [0.15, 0.2) is 22.7 Å². The molecular weight excluding hydrogens is 322 g/mol. The molecule has 7 heteroatoms. The van der Waals surface area contributed by atoms with Gasteiger partial charge in [-0.1, -0.05) is 11.6 Å². The number of halogens is 5. The van der Waals surface area contributed by atoms with E-state index in [2.05, 4.69) is 26.0 Å². The predicted molar refractivity (Wildman–Crippen MR) is 64.5 cm³/mol. The number of hydrogen-bond acceptors (Lipinski definition) is 2. The molecule has 0 fully saturated rings. The molecule has 0 atom stereocenters. The van der Waals surface area contributed by atoms with Crippen LogP contribution >= 0.6 is 27.5 Å². The third-order valence-corrected chi connectivity index (χ3v) is 2.65. The zero-order valence-corrected chi connectivity index (χ0v) is 11.0. The highest BCUT2D eigenvalue weighted by Crippen LogP contribution is 2.25. The molecule has 0 aliphatic rings. The molecule has 0 radical (unpaired) electrons. The van der Waals surface area contributed by atoms with Crippen molar-refractivity contribution in [1.29, 1.82) is 0 Å². The summed E-state index contributed by atoms with van der Waals surface area (Å²) >= 11 is 9.02. The normalized spacial score (nSPS) is 11.6. The zero-order chi connectivity index (χ0) is 12.9. The SMILES string of the molecule is FC(F)(F)COCCNc1ccc(Cl)cc1Br. The van der Waals surface area contributed by atoms with Gasteiger partial charge in [-0.05, 0) is 34.1 Å². The lowest BCUT2D eigenvalue weighted by Crippen LogP contribution is -2.20. The van der Waals surface area contributed by atoms with Crippen molar-refractivity contribution in [3.63, 3.8) is 0 Å². The van der Waals surface area contributed by atoms with E-state index < -0.39 is 12.8 Å². The first kappa shape index (κ1) is 14.6. The van der Waals surface area contributed by atoms with Crippen LogP contribution in [0.25, 0.3) is 0 Å². The minimum Gasteiger partial charge on any atom is -0.382 e. The van der Waals surface area contributed by atoms with Gasteiger partial charge in [0.15, 0.2) is 0 Å². The fourth-order valence-electron chi connectivity index (χ4n) is 1.08. The van der Waals surface area contributed by atoms with Crippen LogP contribution in [-0.2, 0) is 4.74 Å². The summed E-state index contributed by atoms with van der Waals surface area (Å²) in [6.07, 6.45) is -4.28. The molecule has 0 aliphatic heterocycles. The molecule has 0 saturated carbocycles. The Balaban J connectivity index is 2.27. The van der Waals surface area contributed by atoms with Gasteiger partial charge in [-0.2, -0.15) is 13.2 Å². The van der Waals surface area contributed by atoms with Crippen LogP contribution in [0, 0.1) is 0 Å².